The summed E-state index contributed by atoms with van der Waals surface area (Å²) < 4.78 is 27.6. The van der Waals surface area contributed by atoms with E-state index in [9.17, 15) is 13.2 Å². The third kappa shape index (κ3) is 4.52. The van der Waals surface area contributed by atoms with Crippen molar-refractivity contribution in [3.05, 3.63) is 58.6 Å². The fraction of sp³-hybridized carbons (Fsp3) is 0.278. The molecule has 0 fully saturated rings. The minimum atomic E-state index is -3.81. The van der Waals surface area contributed by atoms with Gasteiger partial charge in [-0.15, -0.1) is 0 Å². The zero-order chi connectivity index (χ0) is 18.8. The van der Waals surface area contributed by atoms with Crippen LogP contribution in [0.5, 0.6) is 0 Å². The van der Waals surface area contributed by atoms with Crippen LogP contribution in [0.3, 0.4) is 0 Å². The molecule has 0 heterocycles. The average molecular weight is 381 g/mol. The first-order chi connectivity index (χ1) is 11.5. The summed E-state index contributed by atoms with van der Waals surface area (Å²) in [4.78, 5) is 11.8. The monoisotopic (exact) mass is 380 g/mol. The number of rotatable bonds is 4. The van der Waals surface area contributed by atoms with E-state index in [0.29, 0.717) is 5.56 Å². The number of hydrogen-bond donors (Lipinski definition) is 2. The summed E-state index contributed by atoms with van der Waals surface area (Å²) >= 11 is 6.06. The average Bonchev–Trinajstić information content (AvgIpc) is 2.55. The number of nitrogens with one attached hydrogen (secondary N) is 2. The van der Waals surface area contributed by atoms with Gasteiger partial charge in [0.05, 0.1) is 15.6 Å². The highest BCUT2D eigenvalue weighted by Crippen LogP contribution is 2.27. The molecular weight excluding hydrogens is 360 g/mol. The topological polar surface area (TPSA) is 75.3 Å². The van der Waals surface area contributed by atoms with Crippen LogP contribution >= 0.6 is 11.6 Å². The van der Waals surface area contributed by atoms with Crippen molar-refractivity contribution in [2.24, 2.45) is 0 Å². The second-order valence-corrected chi connectivity index (χ2v) is 8.74. The van der Waals surface area contributed by atoms with Crippen molar-refractivity contribution in [3.8, 4) is 0 Å². The summed E-state index contributed by atoms with van der Waals surface area (Å²) in [5.41, 5.74) is 1.43. The molecule has 0 saturated carbocycles. The molecule has 0 radical (unpaired) electrons. The molecule has 134 valence electrons. The van der Waals surface area contributed by atoms with Crippen LogP contribution in [0, 0.1) is 0 Å². The first-order valence-corrected chi connectivity index (χ1v) is 9.56. The van der Waals surface area contributed by atoms with Crippen LogP contribution < -0.4 is 10.0 Å². The highest BCUT2D eigenvalue weighted by Gasteiger charge is 2.19. The Balaban J connectivity index is 2.34. The predicted octanol–water partition coefficient (Wildman–Crippen LogP) is 3.80. The standard InChI is InChI=1S/C18H21ClN2O3S/c1-18(2,3)13-6-8-14(9-7-13)25(23,24)21-16-11-12(17(22)20-4)5-10-15(16)19/h5-11,21H,1-4H3,(H,20,22). The van der Waals surface area contributed by atoms with E-state index in [4.69, 9.17) is 11.6 Å². The Hall–Kier alpha value is -2.05. The van der Waals surface area contributed by atoms with Crippen molar-refractivity contribution in [2.75, 3.05) is 11.8 Å². The lowest BCUT2D eigenvalue weighted by molar-refractivity contribution is 0.0963. The highest BCUT2D eigenvalue weighted by atomic mass is 35.5. The summed E-state index contributed by atoms with van der Waals surface area (Å²) in [7, 11) is -2.32. The van der Waals surface area contributed by atoms with Crippen LogP contribution in [0.25, 0.3) is 0 Å². The lowest BCUT2D eigenvalue weighted by Crippen LogP contribution is -2.19. The van der Waals surface area contributed by atoms with Crippen molar-refractivity contribution in [1.82, 2.24) is 5.32 Å². The Kier molecular flexibility index (Phi) is 5.44. The summed E-state index contributed by atoms with van der Waals surface area (Å²) in [5, 5.41) is 2.69. The summed E-state index contributed by atoms with van der Waals surface area (Å²) in [6.07, 6.45) is 0. The Morgan fingerprint density at radius 2 is 1.64 bits per heavy atom. The van der Waals surface area contributed by atoms with Gasteiger partial charge in [0.1, 0.15) is 0 Å². The maximum absolute atomic E-state index is 12.6. The molecule has 25 heavy (non-hydrogen) atoms. The summed E-state index contributed by atoms with van der Waals surface area (Å²) in [5.74, 6) is -0.327. The summed E-state index contributed by atoms with van der Waals surface area (Å²) in [6, 6.07) is 11.1. The second kappa shape index (κ2) is 7.06. The Morgan fingerprint density at radius 1 is 1.04 bits per heavy atom. The molecule has 2 rings (SSSR count). The minimum absolute atomic E-state index is 0.0686. The van der Waals surface area contributed by atoms with Gasteiger partial charge >= 0.3 is 0 Å². The molecule has 0 bridgehead atoms. The maximum atomic E-state index is 12.6. The van der Waals surface area contributed by atoms with Crippen LogP contribution in [-0.2, 0) is 15.4 Å². The van der Waals surface area contributed by atoms with Crippen LogP contribution in [0.4, 0.5) is 5.69 Å². The molecule has 2 aromatic rings. The number of sulfonamides is 1. The van der Waals surface area contributed by atoms with Gasteiger partial charge in [-0.2, -0.15) is 0 Å². The van der Waals surface area contributed by atoms with Gasteiger partial charge in [0.25, 0.3) is 15.9 Å². The SMILES string of the molecule is CNC(=O)c1ccc(Cl)c(NS(=O)(=O)c2ccc(C(C)(C)C)cc2)c1. The van der Waals surface area contributed by atoms with E-state index in [1.807, 2.05) is 0 Å². The predicted molar refractivity (Wildman–Crippen MR) is 101 cm³/mol. The van der Waals surface area contributed by atoms with E-state index >= 15 is 0 Å². The van der Waals surface area contributed by atoms with Crippen molar-refractivity contribution in [3.63, 3.8) is 0 Å². The smallest absolute Gasteiger partial charge is 0.261 e. The number of amides is 1. The van der Waals surface area contributed by atoms with Crippen molar-refractivity contribution in [1.29, 1.82) is 0 Å². The van der Waals surface area contributed by atoms with Gasteiger partial charge in [-0.05, 0) is 41.3 Å². The molecule has 0 aliphatic carbocycles. The number of anilines is 1. The molecule has 0 aliphatic rings. The molecule has 1 amide bonds. The van der Waals surface area contributed by atoms with Crippen LogP contribution in [0.2, 0.25) is 5.02 Å². The molecular formula is C18H21ClN2O3S. The highest BCUT2D eigenvalue weighted by molar-refractivity contribution is 7.92. The number of benzene rings is 2. The van der Waals surface area contributed by atoms with Gasteiger partial charge in [-0.1, -0.05) is 44.5 Å². The van der Waals surface area contributed by atoms with E-state index < -0.39 is 10.0 Å². The normalized spacial score (nSPS) is 11.9. The van der Waals surface area contributed by atoms with E-state index in [2.05, 4.69) is 30.8 Å². The number of carbonyl (C=O) groups excluding carboxylic acids is 1. The number of halogens is 1. The van der Waals surface area contributed by atoms with Crippen LogP contribution in [0.15, 0.2) is 47.4 Å². The maximum Gasteiger partial charge on any atom is 0.261 e. The zero-order valence-electron chi connectivity index (χ0n) is 14.6. The van der Waals surface area contributed by atoms with Gasteiger partial charge in [0.2, 0.25) is 0 Å². The van der Waals surface area contributed by atoms with E-state index in [1.165, 1.54) is 25.2 Å². The fourth-order valence-electron chi connectivity index (χ4n) is 2.23. The quantitative estimate of drug-likeness (QED) is 0.847. The lowest BCUT2D eigenvalue weighted by atomic mass is 9.87. The lowest BCUT2D eigenvalue weighted by Gasteiger charge is -2.19. The Labute approximate surface area is 153 Å². The summed E-state index contributed by atoms with van der Waals surface area (Å²) in [6.45, 7) is 6.16. The first-order valence-electron chi connectivity index (χ1n) is 7.69. The van der Waals surface area contributed by atoms with Crippen molar-refractivity contribution >= 4 is 33.2 Å². The van der Waals surface area contributed by atoms with E-state index in [0.717, 1.165) is 5.56 Å². The third-order valence-electron chi connectivity index (χ3n) is 3.73. The Bertz CT molecular complexity index is 886. The molecule has 0 atom stereocenters. The minimum Gasteiger partial charge on any atom is -0.355 e. The van der Waals surface area contributed by atoms with Gasteiger partial charge < -0.3 is 5.32 Å². The second-order valence-electron chi connectivity index (χ2n) is 6.65. The molecule has 7 heteroatoms. The molecule has 0 saturated heterocycles. The van der Waals surface area contributed by atoms with E-state index in [1.54, 1.807) is 24.3 Å². The number of hydrogen-bond acceptors (Lipinski definition) is 3. The van der Waals surface area contributed by atoms with Gasteiger partial charge in [0.15, 0.2) is 0 Å². The first kappa shape index (κ1) is 19.3. The zero-order valence-corrected chi connectivity index (χ0v) is 16.1. The van der Waals surface area contributed by atoms with E-state index in [-0.39, 0.29) is 26.9 Å². The van der Waals surface area contributed by atoms with Crippen LogP contribution in [-0.4, -0.2) is 21.4 Å². The van der Waals surface area contributed by atoms with Gasteiger partial charge in [-0.25, -0.2) is 8.42 Å². The fourth-order valence-corrected chi connectivity index (χ4v) is 3.52. The largest absolute Gasteiger partial charge is 0.355 e. The third-order valence-corrected chi connectivity index (χ3v) is 5.44. The van der Waals surface area contributed by atoms with Crippen molar-refractivity contribution < 1.29 is 13.2 Å². The molecule has 2 aromatic carbocycles. The molecule has 0 unspecified atom stereocenters. The van der Waals surface area contributed by atoms with Crippen LogP contribution in [0.1, 0.15) is 36.7 Å². The van der Waals surface area contributed by atoms with Crippen molar-refractivity contribution in [2.45, 2.75) is 31.1 Å². The molecule has 0 spiro atoms. The molecule has 0 aliphatic heterocycles. The Morgan fingerprint density at radius 3 is 2.16 bits per heavy atom. The molecule has 5 nitrogen and oxygen atoms in total. The molecule has 0 aromatic heterocycles. The van der Waals surface area contributed by atoms with Gasteiger partial charge in [0, 0.05) is 12.6 Å². The van der Waals surface area contributed by atoms with Gasteiger partial charge in [-0.3, -0.25) is 9.52 Å². The number of carbonyl (C=O) groups is 1. The molecule has 2 N–H and O–H groups in total.